The van der Waals surface area contributed by atoms with Crippen LogP contribution in [-0.4, -0.2) is 48.6 Å². The van der Waals surface area contributed by atoms with Gasteiger partial charge >= 0.3 is 6.61 Å². The highest BCUT2D eigenvalue weighted by molar-refractivity contribution is 6.04. The van der Waals surface area contributed by atoms with Gasteiger partial charge in [-0.2, -0.15) is 14.0 Å². The lowest BCUT2D eigenvalue weighted by Crippen LogP contribution is -2.48. The molecule has 4 rings (SSSR count). The number of halogens is 2. The van der Waals surface area contributed by atoms with Crippen molar-refractivity contribution in [2.24, 2.45) is 0 Å². The van der Waals surface area contributed by atoms with Gasteiger partial charge in [-0.3, -0.25) is 9.78 Å². The lowest BCUT2D eigenvalue weighted by atomic mass is 10.1. The molecule has 0 spiro atoms. The van der Waals surface area contributed by atoms with E-state index >= 15 is 0 Å². The maximum atomic E-state index is 13.2. The lowest BCUT2D eigenvalue weighted by molar-refractivity contribution is -0.0498. The van der Waals surface area contributed by atoms with Crippen molar-refractivity contribution in [2.75, 3.05) is 31.1 Å². The number of nitrogens with zero attached hydrogens (tertiary/aromatic N) is 4. The van der Waals surface area contributed by atoms with Crippen LogP contribution < -0.4 is 9.64 Å². The van der Waals surface area contributed by atoms with Gasteiger partial charge in [-0.1, -0.05) is 13.8 Å². The molecule has 3 heterocycles. The number of ether oxygens (including phenoxy) is 1. The first-order valence-electron chi connectivity index (χ1n) is 10.3. The van der Waals surface area contributed by atoms with Gasteiger partial charge in [0.05, 0.1) is 11.6 Å². The highest BCUT2D eigenvalue weighted by Gasteiger charge is 2.26. The molecular formula is C23H22F2N4O3. The molecule has 1 fully saturated rings. The number of hydrogen-bond donors (Lipinski definition) is 0. The second-order valence-corrected chi connectivity index (χ2v) is 7.89. The number of benzene rings is 1. The third-order valence-corrected chi connectivity index (χ3v) is 5.42. The van der Waals surface area contributed by atoms with E-state index in [-0.39, 0.29) is 23.1 Å². The Morgan fingerprint density at radius 2 is 1.91 bits per heavy atom. The predicted molar refractivity (Wildman–Crippen MR) is 114 cm³/mol. The van der Waals surface area contributed by atoms with Crippen LogP contribution in [0.15, 0.2) is 41.1 Å². The summed E-state index contributed by atoms with van der Waals surface area (Å²) in [5.74, 6) is 0.757. The molecule has 0 N–H and O–H groups in total. The first-order valence-corrected chi connectivity index (χ1v) is 10.3. The number of rotatable bonds is 5. The average Bonchev–Trinajstić information content (AvgIpc) is 3.23. The Hall–Kier alpha value is -3.67. The Morgan fingerprint density at radius 3 is 2.56 bits per heavy atom. The van der Waals surface area contributed by atoms with Gasteiger partial charge < -0.3 is 19.0 Å². The maximum Gasteiger partial charge on any atom is 0.387 e. The molecule has 1 aliphatic heterocycles. The average molecular weight is 440 g/mol. The summed E-state index contributed by atoms with van der Waals surface area (Å²) in [6.45, 7) is 2.88. The SMILES string of the molecule is CC(C)c1cc2cncc(C(=O)N3CCN(c4cc(C#N)cc(OC(F)F)c4)CC3)c2o1. The summed E-state index contributed by atoms with van der Waals surface area (Å²) in [7, 11) is 0. The summed E-state index contributed by atoms with van der Waals surface area (Å²) in [5, 5.41) is 9.99. The normalized spacial score (nSPS) is 14.3. The number of alkyl halides is 2. The molecular weight excluding hydrogens is 418 g/mol. The van der Waals surface area contributed by atoms with Gasteiger partial charge in [0.25, 0.3) is 5.91 Å². The minimum absolute atomic E-state index is 0.0657. The van der Waals surface area contributed by atoms with E-state index in [0.29, 0.717) is 43.0 Å². The van der Waals surface area contributed by atoms with Crippen molar-refractivity contribution < 1.29 is 22.7 Å². The van der Waals surface area contributed by atoms with Crippen LogP contribution in [0.1, 0.15) is 41.4 Å². The number of anilines is 1. The molecule has 9 heteroatoms. The minimum Gasteiger partial charge on any atom is -0.460 e. The second kappa shape index (κ2) is 8.83. The van der Waals surface area contributed by atoms with Gasteiger partial charge in [0.2, 0.25) is 0 Å². The fourth-order valence-corrected chi connectivity index (χ4v) is 3.76. The Bertz CT molecular complexity index is 1180. The molecule has 0 unspecified atom stereocenters. The molecule has 1 aliphatic rings. The number of amides is 1. The molecule has 1 saturated heterocycles. The first kappa shape index (κ1) is 21.6. The highest BCUT2D eigenvalue weighted by Crippen LogP contribution is 2.29. The van der Waals surface area contributed by atoms with Crippen molar-refractivity contribution in [2.45, 2.75) is 26.4 Å². The van der Waals surface area contributed by atoms with Gasteiger partial charge in [-0.05, 0) is 18.2 Å². The van der Waals surface area contributed by atoms with Gasteiger partial charge in [-0.25, -0.2) is 0 Å². The molecule has 1 amide bonds. The molecule has 32 heavy (non-hydrogen) atoms. The van der Waals surface area contributed by atoms with Crippen LogP contribution in [0.2, 0.25) is 0 Å². The zero-order valence-electron chi connectivity index (χ0n) is 17.7. The molecule has 1 aromatic carbocycles. The molecule has 7 nitrogen and oxygen atoms in total. The topological polar surface area (TPSA) is 82.6 Å². The number of carbonyl (C=O) groups is 1. The van der Waals surface area contributed by atoms with Crippen molar-refractivity contribution in [3.05, 3.63) is 53.5 Å². The minimum atomic E-state index is -2.97. The van der Waals surface area contributed by atoms with Crippen molar-refractivity contribution in [1.29, 1.82) is 5.26 Å². The number of aromatic nitrogens is 1. The van der Waals surface area contributed by atoms with Crippen LogP contribution in [0.4, 0.5) is 14.5 Å². The molecule has 166 valence electrons. The first-order chi connectivity index (χ1) is 15.4. The van der Waals surface area contributed by atoms with E-state index < -0.39 is 6.61 Å². The number of hydrogen-bond acceptors (Lipinski definition) is 6. The highest BCUT2D eigenvalue weighted by atomic mass is 19.3. The van der Waals surface area contributed by atoms with E-state index in [4.69, 9.17) is 4.42 Å². The molecule has 2 aromatic heterocycles. The summed E-state index contributed by atoms with van der Waals surface area (Å²) >= 11 is 0. The van der Waals surface area contributed by atoms with E-state index in [1.807, 2.05) is 30.9 Å². The number of piperazine rings is 1. The van der Waals surface area contributed by atoms with Crippen LogP contribution >= 0.6 is 0 Å². The van der Waals surface area contributed by atoms with Crippen molar-refractivity contribution in [1.82, 2.24) is 9.88 Å². The number of nitriles is 1. The zero-order valence-corrected chi connectivity index (χ0v) is 17.7. The Balaban J connectivity index is 1.50. The Labute approximate surface area is 183 Å². The number of pyridine rings is 1. The molecule has 3 aromatic rings. The number of furan rings is 1. The van der Waals surface area contributed by atoms with Gasteiger partial charge in [0.15, 0.2) is 0 Å². The largest absolute Gasteiger partial charge is 0.460 e. The van der Waals surface area contributed by atoms with Gasteiger partial charge in [0, 0.05) is 61.6 Å². The second-order valence-electron chi connectivity index (χ2n) is 7.89. The summed E-state index contributed by atoms with van der Waals surface area (Å²) in [5.41, 5.74) is 1.78. The fourth-order valence-electron chi connectivity index (χ4n) is 3.76. The standard InChI is InChI=1S/C23H22F2N4O3/c1-14(2)20-9-16-12-27-13-19(21(16)32-20)22(30)29-5-3-28(4-6-29)17-7-15(11-26)8-18(10-17)31-23(24)25/h7-10,12-14,23H,3-6H2,1-2H3. The van der Waals surface area contributed by atoms with E-state index in [1.54, 1.807) is 17.2 Å². The summed E-state index contributed by atoms with van der Waals surface area (Å²) in [4.78, 5) is 21.0. The summed E-state index contributed by atoms with van der Waals surface area (Å²) in [6, 6.07) is 8.24. The molecule has 0 bridgehead atoms. The van der Waals surface area contributed by atoms with Gasteiger partial charge in [-0.15, -0.1) is 0 Å². The van der Waals surface area contributed by atoms with Crippen LogP contribution in [0.5, 0.6) is 5.75 Å². The molecule has 0 aliphatic carbocycles. The van der Waals surface area contributed by atoms with Crippen molar-refractivity contribution >= 4 is 22.6 Å². The Morgan fingerprint density at radius 1 is 1.16 bits per heavy atom. The van der Waals surface area contributed by atoms with Crippen LogP contribution in [-0.2, 0) is 0 Å². The lowest BCUT2D eigenvalue weighted by Gasteiger charge is -2.36. The van der Waals surface area contributed by atoms with E-state index in [0.717, 1.165) is 11.1 Å². The maximum absolute atomic E-state index is 13.2. The predicted octanol–water partition coefficient (Wildman–Crippen LogP) is 4.39. The molecule has 0 saturated carbocycles. The Kier molecular flexibility index (Phi) is 5.95. The molecule has 0 radical (unpaired) electrons. The summed E-state index contributed by atoms with van der Waals surface area (Å²) < 4.78 is 35.6. The van der Waals surface area contributed by atoms with E-state index in [2.05, 4.69) is 9.72 Å². The van der Waals surface area contributed by atoms with Crippen molar-refractivity contribution in [3.63, 3.8) is 0 Å². The molecule has 0 atom stereocenters. The van der Waals surface area contributed by atoms with Crippen LogP contribution in [0.3, 0.4) is 0 Å². The van der Waals surface area contributed by atoms with Crippen molar-refractivity contribution in [3.8, 4) is 11.8 Å². The smallest absolute Gasteiger partial charge is 0.387 e. The van der Waals surface area contributed by atoms with E-state index in [9.17, 15) is 18.8 Å². The van der Waals surface area contributed by atoms with Crippen LogP contribution in [0.25, 0.3) is 11.0 Å². The van der Waals surface area contributed by atoms with Gasteiger partial charge in [0.1, 0.15) is 22.7 Å². The monoisotopic (exact) mass is 440 g/mol. The third kappa shape index (κ3) is 4.35. The fraction of sp³-hybridized carbons (Fsp3) is 0.348. The zero-order chi connectivity index (χ0) is 22.8. The number of fused-ring (bicyclic) bond motifs is 1. The van der Waals surface area contributed by atoms with E-state index in [1.165, 1.54) is 18.3 Å². The number of carbonyl (C=O) groups excluding carboxylic acids is 1. The summed E-state index contributed by atoms with van der Waals surface area (Å²) in [6.07, 6.45) is 3.20. The quantitative estimate of drug-likeness (QED) is 0.585. The van der Waals surface area contributed by atoms with Crippen LogP contribution in [0, 0.1) is 11.3 Å². The third-order valence-electron chi connectivity index (χ3n) is 5.42.